The highest BCUT2D eigenvalue weighted by Crippen LogP contribution is 2.34. The molecule has 1 heterocycles. The Hall–Kier alpha value is -1.81. The molecule has 0 saturated carbocycles. The van der Waals surface area contributed by atoms with Crippen molar-refractivity contribution in [3.63, 3.8) is 0 Å². The Labute approximate surface area is 139 Å². The monoisotopic (exact) mass is 334 g/mol. The van der Waals surface area contributed by atoms with Gasteiger partial charge in [-0.25, -0.2) is 4.79 Å². The van der Waals surface area contributed by atoms with Crippen molar-refractivity contribution >= 4 is 28.4 Å². The molecule has 3 rings (SSSR count). The van der Waals surface area contributed by atoms with Crippen molar-refractivity contribution in [1.82, 2.24) is 0 Å². The minimum atomic E-state index is -0.475. The number of carbonyl (C=O) groups excluding carboxylic acids is 1. The van der Waals surface area contributed by atoms with E-state index in [-0.39, 0.29) is 18.0 Å². The first-order valence-electron chi connectivity index (χ1n) is 7.71. The zero-order valence-corrected chi connectivity index (χ0v) is 14.3. The molecule has 0 radical (unpaired) electrons. The second-order valence-electron chi connectivity index (χ2n) is 6.94. The fourth-order valence-electron chi connectivity index (χ4n) is 2.75. The van der Waals surface area contributed by atoms with Crippen LogP contribution < -0.4 is 10.4 Å². The summed E-state index contributed by atoms with van der Waals surface area (Å²) in [4.78, 5) is 24.0. The zero-order chi connectivity index (χ0) is 16.8. The Morgan fingerprint density at radius 3 is 2.65 bits per heavy atom. The molecule has 0 amide bonds. The Kier molecular flexibility index (Phi) is 3.96. The van der Waals surface area contributed by atoms with Crippen molar-refractivity contribution in [2.24, 2.45) is 5.41 Å². The van der Waals surface area contributed by atoms with Crippen molar-refractivity contribution in [1.29, 1.82) is 0 Å². The molecule has 122 valence electrons. The van der Waals surface area contributed by atoms with Gasteiger partial charge in [0, 0.05) is 22.4 Å². The van der Waals surface area contributed by atoms with Crippen molar-refractivity contribution < 1.29 is 13.9 Å². The lowest BCUT2D eigenvalue weighted by atomic mass is 9.91. The summed E-state index contributed by atoms with van der Waals surface area (Å²) in [5.41, 5.74) is 1.47. The summed E-state index contributed by atoms with van der Waals surface area (Å²) in [7, 11) is 0. The van der Waals surface area contributed by atoms with Crippen LogP contribution in [-0.2, 0) is 17.6 Å². The molecule has 0 unspecified atom stereocenters. The highest BCUT2D eigenvalue weighted by Gasteiger charge is 2.23. The first-order chi connectivity index (χ1) is 10.8. The molecule has 2 aromatic rings. The third-order valence-electron chi connectivity index (χ3n) is 4.22. The SMILES string of the molecule is CC(C)(C)C(=O)COc1cc2oc(=O)c3c(c2cc1Cl)CCC3. The van der Waals surface area contributed by atoms with Crippen LogP contribution in [0.1, 0.15) is 38.3 Å². The first kappa shape index (κ1) is 16.1. The average Bonchev–Trinajstić information content (AvgIpc) is 2.95. The number of halogens is 1. The summed E-state index contributed by atoms with van der Waals surface area (Å²) in [6.45, 7) is 5.44. The standard InChI is InChI=1S/C18H19ClO4/c1-18(2,3)16(20)9-22-15-8-14-12(7-13(15)19)10-5-4-6-11(10)17(21)23-14/h7-8H,4-6,9H2,1-3H3. The fraction of sp³-hybridized carbons (Fsp3) is 0.444. The Bertz CT molecular complexity index is 843. The normalized spacial score (nSPS) is 14.1. The summed E-state index contributed by atoms with van der Waals surface area (Å²) in [6, 6.07) is 3.37. The van der Waals surface area contributed by atoms with Gasteiger partial charge in [-0.15, -0.1) is 0 Å². The molecular formula is C18H19ClO4. The van der Waals surface area contributed by atoms with Gasteiger partial charge >= 0.3 is 5.63 Å². The molecule has 0 saturated heterocycles. The third kappa shape index (κ3) is 3.00. The molecule has 1 aromatic carbocycles. The van der Waals surface area contributed by atoms with Crippen molar-refractivity contribution in [2.45, 2.75) is 40.0 Å². The molecule has 0 aliphatic heterocycles. The van der Waals surface area contributed by atoms with E-state index in [2.05, 4.69) is 0 Å². The van der Waals surface area contributed by atoms with Gasteiger partial charge in [0.25, 0.3) is 0 Å². The van der Waals surface area contributed by atoms with E-state index < -0.39 is 5.41 Å². The smallest absolute Gasteiger partial charge is 0.339 e. The maximum Gasteiger partial charge on any atom is 0.339 e. The second-order valence-corrected chi connectivity index (χ2v) is 7.35. The summed E-state index contributed by atoms with van der Waals surface area (Å²) in [5, 5.41) is 1.28. The van der Waals surface area contributed by atoms with E-state index >= 15 is 0 Å². The van der Waals surface area contributed by atoms with Crippen LogP contribution in [0.2, 0.25) is 5.02 Å². The van der Waals surface area contributed by atoms with E-state index in [1.165, 1.54) is 0 Å². The number of rotatable bonds is 3. The lowest BCUT2D eigenvalue weighted by Crippen LogP contribution is -2.26. The Balaban J connectivity index is 1.97. The minimum absolute atomic E-state index is 0.0240. The molecule has 0 bridgehead atoms. The van der Waals surface area contributed by atoms with Gasteiger partial charge in [-0.2, -0.15) is 0 Å². The van der Waals surface area contributed by atoms with Gasteiger partial charge in [0.2, 0.25) is 0 Å². The fourth-order valence-corrected chi connectivity index (χ4v) is 2.97. The van der Waals surface area contributed by atoms with Gasteiger partial charge in [-0.1, -0.05) is 32.4 Å². The summed E-state index contributed by atoms with van der Waals surface area (Å²) >= 11 is 6.29. The molecule has 1 aliphatic rings. The maximum absolute atomic E-state index is 12.0. The molecule has 0 spiro atoms. The summed E-state index contributed by atoms with van der Waals surface area (Å²) < 4.78 is 10.9. The highest BCUT2D eigenvalue weighted by atomic mass is 35.5. The number of benzene rings is 1. The number of fused-ring (bicyclic) bond motifs is 3. The van der Waals surface area contributed by atoms with Crippen LogP contribution in [0.5, 0.6) is 5.75 Å². The van der Waals surface area contributed by atoms with E-state index in [4.69, 9.17) is 20.8 Å². The number of hydrogen-bond donors (Lipinski definition) is 0. The van der Waals surface area contributed by atoms with E-state index in [1.54, 1.807) is 12.1 Å². The predicted molar refractivity (Wildman–Crippen MR) is 89.5 cm³/mol. The quantitative estimate of drug-likeness (QED) is 0.798. The number of ether oxygens (including phenoxy) is 1. The lowest BCUT2D eigenvalue weighted by molar-refractivity contribution is -0.128. The van der Waals surface area contributed by atoms with Crippen LogP contribution in [0.3, 0.4) is 0 Å². The van der Waals surface area contributed by atoms with Crippen LogP contribution in [0, 0.1) is 5.41 Å². The number of aryl methyl sites for hydroxylation is 1. The zero-order valence-electron chi connectivity index (χ0n) is 13.5. The molecule has 0 fully saturated rings. The number of carbonyl (C=O) groups is 1. The molecule has 1 aliphatic carbocycles. The van der Waals surface area contributed by atoms with Crippen LogP contribution in [0.4, 0.5) is 0 Å². The molecule has 4 nitrogen and oxygen atoms in total. The topological polar surface area (TPSA) is 56.5 Å². The summed E-state index contributed by atoms with van der Waals surface area (Å²) in [5.74, 6) is 0.335. The number of Topliss-reactive ketones (excluding diaryl/α,β-unsaturated/α-hetero) is 1. The number of hydrogen-bond acceptors (Lipinski definition) is 4. The second kappa shape index (κ2) is 5.68. The van der Waals surface area contributed by atoms with Crippen molar-refractivity contribution in [3.05, 3.63) is 38.7 Å². The van der Waals surface area contributed by atoms with Crippen molar-refractivity contribution in [3.8, 4) is 5.75 Å². The first-order valence-corrected chi connectivity index (χ1v) is 8.09. The van der Waals surface area contributed by atoms with Crippen LogP contribution in [-0.4, -0.2) is 12.4 Å². The molecular weight excluding hydrogens is 316 g/mol. The van der Waals surface area contributed by atoms with Gasteiger partial charge in [-0.3, -0.25) is 4.79 Å². The third-order valence-corrected chi connectivity index (χ3v) is 4.52. The predicted octanol–water partition coefficient (Wildman–Crippen LogP) is 3.93. The van der Waals surface area contributed by atoms with E-state index in [1.807, 2.05) is 20.8 Å². The number of ketones is 1. The van der Waals surface area contributed by atoms with Crippen molar-refractivity contribution in [2.75, 3.05) is 6.61 Å². The molecule has 1 aromatic heterocycles. The van der Waals surface area contributed by atoms with Gasteiger partial charge in [-0.05, 0) is 30.9 Å². The van der Waals surface area contributed by atoms with Crippen LogP contribution in [0.25, 0.3) is 11.0 Å². The Morgan fingerprint density at radius 2 is 1.96 bits per heavy atom. The van der Waals surface area contributed by atoms with E-state index in [9.17, 15) is 9.59 Å². The van der Waals surface area contributed by atoms with E-state index in [0.717, 1.165) is 35.8 Å². The van der Waals surface area contributed by atoms with Gasteiger partial charge in [0.05, 0.1) is 5.02 Å². The van der Waals surface area contributed by atoms with Gasteiger partial charge in [0.15, 0.2) is 5.78 Å². The highest BCUT2D eigenvalue weighted by molar-refractivity contribution is 6.32. The lowest BCUT2D eigenvalue weighted by Gasteiger charge is -2.17. The van der Waals surface area contributed by atoms with Crippen LogP contribution >= 0.6 is 11.6 Å². The largest absolute Gasteiger partial charge is 0.484 e. The molecule has 0 atom stereocenters. The average molecular weight is 335 g/mol. The molecule has 23 heavy (non-hydrogen) atoms. The van der Waals surface area contributed by atoms with Gasteiger partial charge in [0.1, 0.15) is 17.9 Å². The molecule has 0 N–H and O–H groups in total. The van der Waals surface area contributed by atoms with Gasteiger partial charge < -0.3 is 9.15 Å². The summed E-state index contributed by atoms with van der Waals surface area (Å²) in [6.07, 6.45) is 2.56. The molecule has 5 heteroatoms. The maximum atomic E-state index is 12.0. The minimum Gasteiger partial charge on any atom is -0.484 e. The van der Waals surface area contributed by atoms with E-state index in [0.29, 0.717) is 16.4 Å². The van der Waals surface area contributed by atoms with Crippen LogP contribution in [0.15, 0.2) is 21.3 Å². The Morgan fingerprint density at radius 1 is 1.26 bits per heavy atom.